The Morgan fingerprint density at radius 2 is 2.44 bits per heavy atom. The monoisotopic (exact) mass is 262 g/mol. The summed E-state index contributed by atoms with van der Waals surface area (Å²) in [6, 6.07) is 6.07. The minimum Gasteiger partial charge on any atom is -0.368 e. The van der Waals surface area contributed by atoms with Crippen LogP contribution in [0.15, 0.2) is 18.2 Å². The molecule has 0 spiro atoms. The Labute approximate surface area is 109 Å². The summed E-state index contributed by atoms with van der Waals surface area (Å²) < 4.78 is 6.44. The van der Waals surface area contributed by atoms with Crippen molar-refractivity contribution in [2.75, 3.05) is 11.9 Å². The van der Waals surface area contributed by atoms with Crippen LogP contribution >= 0.6 is 11.3 Å². The molecule has 0 radical (unpaired) electrons. The van der Waals surface area contributed by atoms with Crippen LogP contribution in [0.2, 0.25) is 0 Å². The van der Waals surface area contributed by atoms with Gasteiger partial charge in [0.1, 0.15) is 6.10 Å². The first-order valence-electron chi connectivity index (χ1n) is 6.02. The van der Waals surface area contributed by atoms with Crippen molar-refractivity contribution >= 4 is 32.6 Å². The number of anilines is 1. The molecular formula is C13H14N2O2S. The van der Waals surface area contributed by atoms with E-state index in [1.807, 2.05) is 19.1 Å². The Bertz CT molecular complexity index is 588. The Hall–Kier alpha value is -1.46. The van der Waals surface area contributed by atoms with Crippen molar-refractivity contribution in [2.24, 2.45) is 0 Å². The van der Waals surface area contributed by atoms with Gasteiger partial charge >= 0.3 is 0 Å². The van der Waals surface area contributed by atoms with Gasteiger partial charge in [0.25, 0.3) is 5.91 Å². The maximum atomic E-state index is 11.9. The van der Waals surface area contributed by atoms with Gasteiger partial charge in [-0.1, -0.05) is 17.4 Å². The van der Waals surface area contributed by atoms with Crippen molar-refractivity contribution in [3.63, 3.8) is 0 Å². The Kier molecular flexibility index (Phi) is 3.01. The number of aryl methyl sites for hydroxylation is 1. The molecule has 0 unspecified atom stereocenters. The molecule has 5 heteroatoms. The van der Waals surface area contributed by atoms with E-state index in [1.165, 1.54) is 16.9 Å². The summed E-state index contributed by atoms with van der Waals surface area (Å²) in [7, 11) is 0. The number of amides is 1. The first-order valence-corrected chi connectivity index (χ1v) is 6.84. The third-order valence-corrected chi connectivity index (χ3v) is 3.93. The first kappa shape index (κ1) is 11.6. The number of thiazole rings is 1. The van der Waals surface area contributed by atoms with Crippen molar-refractivity contribution in [2.45, 2.75) is 25.9 Å². The van der Waals surface area contributed by atoms with Gasteiger partial charge in [0, 0.05) is 6.61 Å². The zero-order valence-electron chi connectivity index (χ0n) is 10.1. The van der Waals surface area contributed by atoms with Crippen LogP contribution in [-0.4, -0.2) is 23.6 Å². The lowest BCUT2D eigenvalue weighted by Crippen LogP contribution is -2.26. The number of rotatable bonds is 2. The van der Waals surface area contributed by atoms with E-state index in [4.69, 9.17) is 4.74 Å². The molecular weight excluding hydrogens is 248 g/mol. The quantitative estimate of drug-likeness (QED) is 0.905. The van der Waals surface area contributed by atoms with Crippen LogP contribution in [0.5, 0.6) is 0 Å². The predicted octanol–water partition coefficient (Wildman–Crippen LogP) is 2.72. The van der Waals surface area contributed by atoms with Gasteiger partial charge in [-0.2, -0.15) is 0 Å². The summed E-state index contributed by atoms with van der Waals surface area (Å²) in [6.07, 6.45) is 1.45. The number of hydrogen-bond donors (Lipinski definition) is 1. The zero-order valence-corrected chi connectivity index (χ0v) is 10.9. The standard InChI is InChI=1S/C13H14N2O2S/c1-8-4-5-9-11(7-8)18-13(14-9)15-12(16)10-3-2-6-17-10/h4-5,7,10H,2-3,6H2,1H3,(H,14,15,16)/t10-/m0/s1. The second-order valence-corrected chi connectivity index (χ2v) is 5.51. The maximum absolute atomic E-state index is 11.9. The van der Waals surface area contributed by atoms with E-state index in [1.54, 1.807) is 0 Å². The van der Waals surface area contributed by atoms with Crippen molar-refractivity contribution < 1.29 is 9.53 Å². The van der Waals surface area contributed by atoms with Crippen molar-refractivity contribution in [1.29, 1.82) is 0 Å². The highest BCUT2D eigenvalue weighted by atomic mass is 32.1. The fraction of sp³-hybridized carbons (Fsp3) is 0.385. The fourth-order valence-corrected chi connectivity index (χ4v) is 3.02. The summed E-state index contributed by atoms with van der Waals surface area (Å²) in [5.74, 6) is -0.0803. The molecule has 1 N–H and O–H groups in total. The number of carbonyl (C=O) groups excluding carboxylic acids is 1. The average molecular weight is 262 g/mol. The number of fused-ring (bicyclic) bond motifs is 1. The summed E-state index contributed by atoms with van der Waals surface area (Å²) in [6.45, 7) is 2.72. The van der Waals surface area contributed by atoms with Crippen LogP contribution in [0.25, 0.3) is 10.2 Å². The minimum absolute atomic E-state index is 0.0803. The molecule has 0 saturated carbocycles. The molecule has 0 aliphatic carbocycles. The van der Waals surface area contributed by atoms with Gasteiger partial charge in [0.15, 0.2) is 5.13 Å². The van der Waals surface area contributed by atoms with E-state index in [0.29, 0.717) is 11.7 Å². The molecule has 1 fully saturated rings. The zero-order chi connectivity index (χ0) is 12.5. The summed E-state index contributed by atoms with van der Waals surface area (Å²) in [5, 5.41) is 3.49. The SMILES string of the molecule is Cc1ccc2nc(NC(=O)[C@@H]3CCCO3)sc2c1. The molecule has 1 amide bonds. The van der Waals surface area contributed by atoms with Crippen molar-refractivity contribution in [1.82, 2.24) is 4.98 Å². The van der Waals surface area contributed by atoms with Gasteiger partial charge in [-0.05, 0) is 37.5 Å². The van der Waals surface area contributed by atoms with Crippen LogP contribution in [-0.2, 0) is 9.53 Å². The molecule has 3 rings (SSSR count). The molecule has 1 aliphatic rings. The van der Waals surface area contributed by atoms with E-state index in [2.05, 4.69) is 16.4 Å². The van der Waals surface area contributed by atoms with Gasteiger partial charge in [-0.15, -0.1) is 0 Å². The Morgan fingerprint density at radius 1 is 1.56 bits per heavy atom. The maximum Gasteiger partial charge on any atom is 0.255 e. The molecule has 1 aromatic carbocycles. The first-order chi connectivity index (χ1) is 8.72. The smallest absolute Gasteiger partial charge is 0.255 e. The lowest BCUT2D eigenvalue weighted by Gasteiger charge is -2.07. The van der Waals surface area contributed by atoms with Crippen LogP contribution in [0.1, 0.15) is 18.4 Å². The van der Waals surface area contributed by atoms with E-state index >= 15 is 0 Å². The Morgan fingerprint density at radius 3 is 3.22 bits per heavy atom. The lowest BCUT2D eigenvalue weighted by atomic mass is 10.2. The summed E-state index contributed by atoms with van der Waals surface area (Å²) >= 11 is 1.50. The number of benzene rings is 1. The second kappa shape index (κ2) is 4.66. The van der Waals surface area contributed by atoms with Crippen LogP contribution in [0.3, 0.4) is 0 Å². The van der Waals surface area contributed by atoms with E-state index in [0.717, 1.165) is 23.1 Å². The van der Waals surface area contributed by atoms with E-state index < -0.39 is 0 Å². The van der Waals surface area contributed by atoms with Gasteiger partial charge in [0.05, 0.1) is 10.2 Å². The highest BCUT2D eigenvalue weighted by Crippen LogP contribution is 2.27. The van der Waals surface area contributed by atoms with Crippen LogP contribution in [0, 0.1) is 6.92 Å². The highest BCUT2D eigenvalue weighted by Gasteiger charge is 2.24. The molecule has 1 aromatic heterocycles. The number of hydrogen-bond acceptors (Lipinski definition) is 4. The molecule has 2 heterocycles. The third-order valence-electron chi connectivity index (χ3n) is 3.00. The lowest BCUT2D eigenvalue weighted by molar-refractivity contribution is -0.124. The van der Waals surface area contributed by atoms with Gasteiger partial charge in [-0.3, -0.25) is 10.1 Å². The molecule has 94 valence electrons. The van der Waals surface area contributed by atoms with E-state index in [9.17, 15) is 4.79 Å². The number of aromatic nitrogens is 1. The van der Waals surface area contributed by atoms with Crippen LogP contribution < -0.4 is 5.32 Å². The number of nitrogens with one attached hydrogen (secondary N) is 1. The minimum atomic E-state index is -0.307. The van der Waals surface area contributed by atoms with Gasteiger partial charge < -0.3 is 4.74 Å². The van der Waals surface area contributed by atoms with Crippen molar-refractivity contribution in [3.8, 4) is 0 Å². The van der Waals surface area contributed by atoms with Gasteiger partial charge in [0.2, 0.25) is 0 Å². The molecule has 0 bridgehead atoms. The molecule has 1 saturated heterocycles. The second-order valence-electron chi connectivity index (χ2n) is 4.48. The summed E-state index contributed by atoms with van der Waals surface area (Å²) in [5.41, 5.74) is 2.12. The van der Waals surface area contributed by atoms with Crippen molar-refractivity contribution in [3.05, 3.63) is 23.8 Å². The number of carbonyl (C=O) groups is 1. The molecule has 18 heavy (non-hydrogen) atoms. The third kappa shape index (κ3) is 2.23. The highest BCUT2D eigenvalue weighted by molar-refractivity contribution is 7.22. The normalized spacial score (nSPS) is 19.3. The average Bonchev–Trinajstić information content (AvgIpc) is 2.95. The number of ether oxygens (including phenoxy) is 1. The number of nitrogens with zero attached hydrogens (tertiary/aromatic N) is 1. The molecule has 1 atom stereocenters. The predicted molar refractivity (Wildman–Crippen MR) is 72.0 cm³/mol. The molecule has 2 aromatic rings. The summed E-state index contributed by atoms with van der Waals surface area (Å²) in [4.78, 5) is 16.3. The largest absolute Gasteiger partial charge is 0.368 e. The van der Waals surface area contributed by atoms with E-state index in [-0.39, 0.29) is 12.0 Å². The van der Waals surface area contributed by atoms with Gasteiger partial charge in [-0.25, -0.2) is 4.98 Å². The topological polar surface area (TPSA) is 51.2 Å². The Balaban J connectivity index is 1.79. The molecule has 1 aliphatic heterocycles. The fourth-order valence-electron chi connectivity index (χ4n) is 2.06. The molecule has 4 nitrogen and oxygen atoms in total. The van der Waals surface area contributed by atoms with Crippen LogP contribution in [0.4, 0.5) is 5.13 Å².